The molecule has 0 radical (unpaired) electrons. The van der Waals surface area contributed by atoms with Gasteiger partial charge in [-0.05, 0) is 5.92 Å². The average Bonchev–Trinajstić information content (AvgIpc) is 2.02. The van der Waals surface area contributed by atoms with E-state index in [9.17, 15) is 4.79 Å². The molecule has 0 aliphatic carbocycles. The standard InChI is InChI=1S/C8H17N3O2/c1-6(2)5-8(12)10-4-3-7(9)11-13/h6,13H,3-5H2,1-2H3,(H2,9,11)(H,10,12). The Kier molecular flexibility index (Phi) is 5.67. The molecular weight excluding hydrogens is 170 g/mol. The third kappa shape index (κ3) is 7.11. The predicted octanol–water partition coefficient (Wildman–Crippen LogP) is 0.285. The van der Waals surface area contributed by atoms with Gasteiger partial charge < -0.3 is 16.3 Å². The van der Waals surface area contributed by atoms with Crippen molar-refractivity contribution in [2.45, 2.75) is 26.7 Å². The van der Waals surface area contributed by atoms with Gasteiger partial charge in [0.05, 0.1) is 0 Å². The summed E-state index contributed by atoms with van der Waals surface area (Å²) < 4.78 is 0. The number of carbonyl (C=O) groups is 1. The Morgan fingerprint density at radius 3 is 2.69 bits per heavy atom. The van der Waals surface area contributed by atoms with E-state index in [0.29, 0.717) is 25.3 Å². The Hall–Kier alpha value is -1.26. The molecule has 0 aromatic rings. The summed E-state index contributed by atoms with van der Waals surface area (Å²) in [6.07, 6.45) is 0.885. The number of nitrogens with two attached hydrogens (primary N) is 1. The van der Waals surface area contributed by atoms with Gasteiger partial charge in [0.25, 0.3) is 0 Å². The maximum Gasteiger partial charge on any atom is 0.220 e. The van der Waals surface area contributed by atoms with E-state index in [1.807, 2.05) is 13.8 Å². The second-order valence-corrected chi connectivity index (χ2v) is 3.29. The van der Waals surface area contributed by atoms with Crippen LogP contribution >= 0.6 is 0 Å². The van der Waals surface area contributed by atoms with Gasteiger partial charge in [-0.3, -0.25) is 4.79 Å². The van der Waals surface area contributed by atoms with Crippen molar-refractivity contribution in [2.24, 2.45) is 16.8 Å². The van der Waals surface area contributed by atoms with Crippen LogP contribution in [0.15, 0.2) is 5.16 Å². The minimum absolute atomic E-state index is 0.000685. The lowest BCUT2D eigenvalue weighted by molar-refractivity contribution is -0.121. The van der Waals surface area contributed by atoms with Gasteiger partial charge in [0, 0.05) is 19.4 Å². The van der Waals surface area contributed by atoms with Crippen molar-refractivity contribution >= 4 is 11.7 Å². The topological polar surface area (TPSA) is 87.7 Å². The van der Waals surface area contributed by atoms with Crippen molar-refractivity contribution in [3.63, 3.8) is 0 Å². The normalized spacial score (nSPS) is 11.8. The van der Waals surface area contributed by atoms with Crippen molar-refractivity contribution in [1.29, 1.82) is 0 Å². The molecule has 0 rings (SSSR count). The van der Waals surface area contributed by atoms with Crippen molar-refractivity contribution in [3.8, 4) is 0 Å². The minimum atomic E-state index is 0.000685. The lowest BCUT2D eigenvalue weighted by atomic mass is 10.1. The van der Waals surface area contributed by atoms with Crippen LogP contribution in [-0.2, 0) is 4.79 Å². The average molecular weight is 187 g/mol. The Balaban J connectivity index is 3.48. The number of oxime groups is 1. The summed E-state index contributed by atoms with van der Waals surface area (Å²) in [5, 5.41) is 13.7. The van der Waals surface area contributed by atoms with E-state index in [2.05, 4.69) is 10.5 Å². The zero-order valence-electron chi connectivity index (χ0n) is 8.08. The van der Waals surface area contributed by atoms with Gasteiger partial charge in [0.1, 0.15) is 5.84 Å². The third-order valence-electron chi connectivity index (χ3n) is 1.43. The van der Waals surface area contributed by atoms with E-state index in [-0.39, 0.29) is 11.7 Å². The Bertz CT molecular complexity index is 190. The first-order chi connectivity index (χ1) is 6.06. The van der Waals surface area contributed by atoms with Gasteiger partial charge in [-0.15, -0.1) is 0 Å². The van der Waals surface area contributed by atoms with Crippen molar-refractivity contribution < 1.29 is 10.0 Å². The molecule has 13 heavy (non-hydrogen) atoms. The molecule has 0 aliphatic heterocycles. The monoisotopic (exact) mass is 187 g/mol. The summed E-state index contributed by atoms with van der Waals surface area (Å²) >= 11 is 0. The molecule has 5 nitrogen and oxygen atoms in total. The smallest absolute Gasteiger partial charge is 0.220 e. The van der Waals surface area contributed by atoms with E-state index < -0.39 is 0 Å². The highest BCUT2D eigenvalue weighted by molar-refractivity contribution is 5.81. The predicted molar refractivity (Wildman–Crippen MR) is 50.5 cm³/mol. The first kappa shape index (κ1) is 11.7. The molecule has 0 heterocycles. The summed E-state index contributed by atoms with van der Waals surface area (Å²) in [6.45, 7) is 4.37. The molecule has 0 spiro atoms. The van der Waals surface area contributed by atoms with Gasteiger partial charge in [-0.25, -0.2) is 0 Å². The Morgan fingerprint density at radius 2 is 2.23 bits per heavy atom. The molecule has 0 aromatic carbocycles. The maximum absolute atomic E-state index is 11.1. The molecule has 0 saturated heterocycles. The molecule has 0 bridgehead atoms. The summed E-state index contributed by atoms with van der Waals surface area (Å²) in [5.74, 6) is 0.481. The fourth-order valence-electron chi connectivity index (χ4n) is 0.823. The van der Waals surface area contributed by atoms with E-state index in [0.717, 1.165) is 0 Å². The van der Waals surface area contributed by atoms with Crippen LogP contribution in [0.3, 0.4) is 0 Å². The third-order valence-corrected chi connectivity index (χ3v) is 1.43. The zero-order chi connectivity index (χ0) is 10.3. The number of amides is 1. The highest BCUT2D eigenvalue weighted by atomic mass is 16.4. The molecular formula is C8H17N3O2. The number of nitrogens with one attached hydrogen (secondary N) is 1. The number of rotatable bonds is 5. The van der Waals surface area contributed by atoms with Crippen LogP contribution < -0.4 is 11.1 Å². The lowest BCUT2D eigenvalue weighted by Gasteiger charge is -2.05. The van der Waals surface area contributed by atoms with E-state index in [1.165, 1.54) is 0 Å². The van der Waals surface area contributed by atoms with Crippen LogP contribution in [0.25, 0.3) is 0 Å². The van der Waals surface area contributed by atoms with Crippen molar-refractivity contribution in [2.75, 3.05) is 6.54 Å². The summed E-state index contributed by atoms with van der Waals surface area (Å²) in [4.78, 5) is 11.1. The Labute approximate surface area is 78.0 Å². The molecule has 0 aliphatic rings. The SMILES string of the molecule is CC(C)CC(=O)NCCC(N)=NO. The lowest BCUT2D eigenvalue weighted by Crippen LogP contribution is -2.28. The van der Waals surface area contributed by atoms with Gasteiger partial charge >= 0.3 is 0 Å². The molecule has 0 saturated carbocycles. The van der Waals surface area contributed by atoms with Crippen LogP contribution in [0.2, 0.25) is 0 Å². The highest BCUT2D eigenvalue weighted by Gasteiger charge is 2.03. The molecule has 0 fully saturated rings. The van der Waals surface area contributed by atoms with Crippen LogP contribution in [0.1, 0.15) is 26.7 Å². The van der Waals surface area contributed by atoms with Crippen LogP contribution in [0, 0.1) is 5.92 Å². The first-order valence-electron chi connectivity index (χ1n) is 4.29. The van der Waals surface area contributed by atoms with Crippen LogP contribution in [0.4, 0.5) is 0 Å². The van der Waals surface area contributed by atoms with Crippen LogP contribution in [-0.4, -0.2) is 23.5 Å². The first-order valence-corrected chi connectivity index (χ1v) is 4.29. The second kappa shape index (κ2) is 6.28. The van der Waals surface area contributed by atoms with Gasteiger partial charge in [-0.2, -0.15) is 0 Å². The summed E-state index contributed by atoms with van der Waals surface area (Å²) in [5.41, 5.74) is 5.21. The highest BCUT2D eigenvalue weighted by Crippen LogP contribution is 1.97. The van der Waals surface area contributed by atoms with Gasteiger partial charge in [0.15, 0.2) is 0 Å². The minimum Gasteiger partial charge on any atom is -0.409 e. The zero-order valence-corrected chi connectivity index (χ0v) is 8.08. The molecule has 5 heteroatoms. The van der Waals surface area contributed by atoms with Gasteiger partial charge in [-0.1, -0.05) is 19.0 Å². The second-order valence-electron chi connectivity index (χ2n) is 3.29. The van der Waals surface area contributed by atoms with E-state index in [4.69, 9.17) is 10.9 Å². The molecule has 1 amide bonds. The largest absolute Gasteiger partial charge is 0.409 e. The number of amidine groups is 1. The van der Waals surface area contributed by atoms with Crippen LogP contribution in [0.5, 0.6) is 0 Å². The number of hydrogen-bond acceptors (Lipinski definition) is 3. The molecule has 0 unspecified atom stereocenters. The fraction of sp³-hybridized carbons (Fsp3) is 0.750. The number of carbonyl (C=O) groups excluding carboxylic acids is 1. The Morgan fingerprint density at radius 1 is 1.62 bits per heavy atom. The molecule has 76 valence electrons. The van der Waals surface area contributed by atoms with Crippen molar-refractivity contribution in [3.05, 3.63) is 0 Å². The van der Waals surface area contributed by atoms with Crippen molar-refractivity contribution in [1.82, 2.24) is 5.32 Å². The van der Waals surface area contributed by atoms with E-state index in [1.54, 1.807) is 0 Å². The molecule has 0 atom stereocenters. The molecule has 0 aromatic heterocycles. The number of hydrogen-bond donors (Lipinski definition) is 3. The van der Waals surface area contributed by atoms with E-state index >= 15 is 0 Å². The number of nitrogens with zero attached hydrogens (tertiary/aromatic N) is 1. The quantitative estimate of drug-likeness (QED) is 0.250. The summed E-state index contributed by atoms with van der Waals surface area (Å²) in [6, 6.07) is 0. The fourth-order valence-corrected chi connectivity index (χ4v) is 0.823. The van der Waals surface area contributed by atoms with Gasteiger partial charge in [0.2, 0.25) is 5.91 Å². The molecule has 4 N–H and O–H groups in total. The maximum atomic E-state index is 11.1. The summed E-state index contributed by atoms with van der Waals surface area (Å²) in [7, 11) is 0.